The molecule has 0 saturated heterocycles. The highest BCUT2D eigenvalue weighted by Gasteiger charge is 2.32. The highest BCUT2D eigenvalue weighted by atomic mass is 19.3. The van der Waals surface area contributed by atoms with Gasteiger partial charge in [-0.05, 0) is 45.7 Å². The molecule has 9 heteroatoms. The quantitative estimate of drug-likeness (QED) is 0.374. The number of hydrogen-bond acceptors (Lipinski definition) is 6. The van der Waals surface area contributed by atoms with Gasteiger partial charge in [-0.1, -0.05) is 5.16 Å². The lowest BCUT2D eigenvalue weighted by Crippen LogP contribution is -2.16. The van der Waals surface area contributed by atoms with E-state index in [-0.39, 0.29) is 12.6 Å². The van der Waals surface area contributed by atoms with Crippen LogP contribution in [-0.2, 0) is 4.74 Å². The van der Waals surface area contributed by atoms with Crippen LogP contribution in [0.5, 0.6) is 5.75 Å². The van der Waals surface area contributed by atoms with E-state index in [9.17, 15) is 8.78 Å². The third-order valence-electron chi connectivity index (χ3n) is 6.01. The zero-order chi connectivity index (χ0) is 22.6. The second-order valence-corrected chi connectivity index (χ2v) is 8.32. The van der Waals surface area contributed by atoms with Crippen LogP contribution in [0.4, 0.5) is 8.78 Å². The van der Waals surface area contributed by atoms with Crippen molar-refractivity contribution in [3.05, 3.63) is 35.6 Å². The Morgan fingerprint density at radius 2 is 2.00 bits per heavy atom. The zero-order valence-electron chi connectivity index (χ0n) is 18.4. The number of ether oxygens (including phenoxy) is 2. The first kappa shape index (κ1) is 20.8. The lowest BCUT2D eigenvalue weighted by molar-refractivity contribution is -0.135. The van der Waals surface area contributed by atoms with Crippen molar-refractivity contribution >= 4 is 21.9 Å². The minimum atomic E-state index is -2.81. The van der Waals surface area contributed by atoms with Crippen LogP contribution in [0.15, 0.2) is 22.9 Å². The molecular weight excluding hydrogens is 418 g/mol. The predicted molar refractivity (Wildman–Crippen MR) is 115 cm³/mol. The second-order valence-electron chi connectivity index (χ2n) is 8.32. The summed E-state index contributed by atoms with van der Waals surface area (Å²) in [4.78, 5) is 9.47. The van der Waals surface area contributed by atoms with E-state index in [4.69, 9.17) is 14.2 Å². The normalized spacial score (nSPS) is 15.2. The molecule has 0 N–H and O–H groups in total. The van der Waals surface area contributed by atoms with E-state index in [0.29, 0.717) is 17.4 Å². The number of imidazole rings is 1. The molecule has 0 bridgehead atoms. The molecule has 0 unspecified atom stereocenters. The maximum absolute atomic E-state index is 12.7. The fraction of sp³-hybridized carbons (Fsp3) is 0.435. The van der Waals surface area contributed by atoms with Gasteiger partial charge in [-0.15, -0.1) is 0 Å². The van der Waals surface area contributed by atoms with Gasteiger partial charge in [-0.25, -0.2) is 4.98 Å². The molecule has 3 heterocycles. The largest absolute Gasteiger partial charge is 0.496 e. The van der Waals surface area contributed by atoms with Crippen LogP contribution in [0.25, 0.3) is 33.1 Å². The molecule has 1 aliphatic rings. The fourth-order valence-electron chi connectivity index (χ4n) is 4.42. The standard InChI is InChI=1S/C23H24F2N4O3/c1-11(10-31-23(24)25)29-21-15-8-19(30-4)16(20-12(2)28-32-13(20)3)7-17(15)26-9-18(21)27-22(29)14-5-6-14/h7-9,11,14,23H,5-6,10H2,1-4H3/t11-/m0/s1. The molecule has 7 nitrogen and oxygen atoms in total. The van der Waals surface area contributed by atoms with Crippen LogP contribution in [0, 0.1) is 13.8 Å². The molecule has 0 spiro atoms. The molecule has 0 radical (unpaired) electrons. The van der Waals surface area contributed by atoms with Crippen molar-refractivity contribution in [2.24, 2.45) is 0 Å². The van der Waals surface area contributed by atoms with Crippen molar-refractivity contribution in [2.45, 2.75) is 52.2 Å². The monoisotopic (exact) mass is 442 g/mol. The van der Waals surface area contributed by atoms with Crippen LogP contribution < -0.4 is 4.74 Å². The molecule has 1 saturated carbocycles. The van der Waals surface area contributed by atoms with Crippen LogP contribution in [0.1, 0.15) is 49.0 Å². The maximum atomic E-state index is 12.7. The summed E-state index contributed by atoms with van der Waals surface area (Å²) in [5.41, 5.74) is 4.81. The van der Waals surface area contributed by atoms with E-state index in [1.165, 1.54) is 0 Å². The zero-order valence-corrected chi connectivity index (χ0v) is 18.4. The Bertz CT molecular complexity index is 1290. The van der Waals surface area contributed by atoms with E-state index >= 15 is 0 Å². The van der Waals surface area contributed by atoms with Gasteiger partial charge >= 0.3 is 6.61 Å². The molecule has 168 valence electrons. The summed E-state index contributed by atoms with van der Waals surface area (Å²) in [7, 11) is 1.61. The van der Waals surface area contributed by atoms with Gasteiger partial charge in [0.1, 0.15) is 22.9 Å². The molecule has 1 aliphatic carbocycles. The van der Waals surface area contributed by atoms with Gasteiger partial charge in [-0.2, -0.15) is 8.78 Å². The number of hydrogen-bond donors (Lipinski definition) is 0. The fourth-order valence-corrected chi connectivity index (χ4v) is 4.42. The van der Waals surface area contributed by atoms with Gasteiger partial charge in [0.25, 0.3) is 0 Å². The summed E-state index contributed by atoms with van der Waals surface area (Å²) >= 11 is 0. The molecule has 0 amide bonds. The summed E-state index contributed by atoms with van der Waals surface area (Å²) in [5, 5.41) is 4.90. The number of methoxy groups -OCH3 is 1. The number of rotatable bonds is 7. The van der Waals surface area contributed by atoms with E-state index in [1.54, 1.807) is 13.3 Å². The number of nitrogens with zero attached hydrogens (tertiary/aromatic N) is 4. The van der Waals surface area contributed by atoms with Crippen molar-refractivity contribution in [3.63, 3.8) is 0 Å². The number of alkyl halides is 2. The summed E-state index contributed by atoms with van der Waals surface area (Å²) in [5.74, 6) is 2.57. The molecule has 1 fully saturated rings. The molecule has 32 heavy (non-hydrogen) atoms. The van der Waals surface area contributed by atoms with E-state index in [0.717, 1.165) is 57.4 Å². The van der Waals surface area contributed by atoms with Crippen molar-refractivity contribution in [1.29, 1.82) is 0 Å². The second kappa shape index (κ2) is 7.81. The van der Waals surface area contributed by atoms with Crippen LogP contribution in [0.2, 0.25) is 0 Å². The van der Waals surface area contributed by atoms with Gasteiger partial charge in [0.15, 0.2) is 0 Å². The Kier molecular flexibility index (Phi) is 5.08. The van der Waals surface area contributed by atoms with Gasteiger partial charge in [0.2, 0.25) is 0 Å². The predicted octanol–water partition coefficient (Wildman–Crippen LogP) is 5.54. The lowest BCUT2D eigenvalue weighted by atomic mass is 10.0. The highest BCUT2D eigenvalue weighted by Crippen LogP contribution is 2.44. The average Bonchev–Trinajstić information content (AvgIpc) is 3.46. The molecular formula is C23H24F2N4O3. The number of fused-ring (bicyclic) bond motifs is 3. The van der Waals surface area contributed by atoms with Crippen molar-refractivity contribution < 1.29 is 22.8 Å². The third-order valence-corrected chi connectivity index (χ3v) is 6.01. The molecule has 0 aliphatic heterocycles. The Morgan fingerprint density at radius 1 is 1.22 bits per heavy atom. The highest BCUT2D eigenvalue weighted by molar-refractivity contribution is 6.05. The van der Waals surface area contributed by atoms with Gasteiger partial charge in [0, 0.05) is 16.9 Å². The molecule has 5 rings (SSSR count). The Balaban J connectivity index is 1.75. The van der Waals surface area contributed by atoms with Crippen molar-refractivity contribution in [3.8, 4) is 16.9 Å². The SMILES string of the molecule is COc1cc2c(cc1-c1c(C)noc1C)ncc1nc(C3CC3)n([C@@H](C)COC(F)F)c12. The molecule has 4 aromatic rings. The first-order valence-corrected chi connectivity index (χ1v) is 10.6. The molecule has 1 atom stereocenters. The summed E-state index contributed by atoms with van der Waals surface area (Å²) in [6, 6.07) is 3.57. The van der Waals surface area contributed by atoms with Crippen LogP contribution in [-0.4, -0.2) is 40.0 Å². The number of aryl methyl sites for hydroxylation is 2. The van der Waals surface area contributed by atoms with Crippen molar-refractivity contribution in [2.75, 3.05) is 13.7 Å². The van der Waals surface area contributed by atoms with E-state index in [1.807, 2.05) is 37.5 Å². The summed E-state index contributed by atoms with van der Waals surface area (Å²) in [6.45, 7) is 2.69. The lowest BCUT2D eigenvalue weighted by Gasteiger charge is -2.19. The number of benzene rings is 1. The number of halogens is 2. The number of aromatic nitrogens is 4. The Hall–Kier alpha value is -3.07. The van der Waals surface area contributed by atoms with Gasteiger partial charge in [-0.3, -0.25) is 4.98 Å². The first-order valence-electron chi connectivity index (χ1n) is 10.6. The topological polar surface area (TPSA) is 75.2 Å². The maximum Gasteiger partial charge on any atom is 0.345 e. The minimum absolute atomic E-state index is 0.110. The van der Waals surface area contributed by atoms with Crippen LogP contribution in [0.3, 0.4) is 0 Å². The van der Waals surface area contributed by atoms with Crippen LogP contribution >= 0.6 is 0 Å². The molecule has 1 aromatic carbocycles. The average molecular weight is 442 g/mol. The van der Waals surface area contributed by atoms with Gasteiger partial charge < -0.3 is 18.6 Å². The Morgan fingerprint density at radius 3 is 2.62 bits per heavy atom. The minimum Gasteiger partial charge on any atom is -0.496 e. The number of pyridine rings is 1. The summed E-state index contributed by atoms with van der Waals surface area (Å²) in [6.07, 6.45) is 3.82. The van der Waals surface area contributed by atoms with E-state index < -0.39 is 6.61 Å². The molecule has 3 aromatic heterocycles. The van der Waals surface area contributed by atoms with Gasteiger partial charge in [0.05, 0.1) is 48.2 Å². The van der Waals surface area contributed by atoms with E-state index in [2.05, 4.69) is 14.9 Å². The Labute approximate surface area is 183 Å². The van der Waals surface area contributed by atoms with Crippen molar-refractivity contribution in [1.82, 2.24) is 19.7 Å². The first-order chi connectivity index (χ1) is 15.4. The summed E-state index contributed by atoms with van der Waals surface area (Å²) < 4.78 is 43.2. The third kappa shape index (κ3) is 3.40. The smallest absolute Gasteiger partial charge is 0.345 e.